The van der Waals surface area contributed by atoms with Gasteiger partial charge in [-0.05, 0) is 71.2 Å². The molecule has 0 radical (unpaired) electrons. The smallest absolute Gasteiger partial charge is 0.236 e. The van der Waals surface area contributed by atoms with E-state index in [9.17, 15) is 9.59 Å². The number of amides is 2. The predicted octanol–water partition coefficient (Wildman–Crippen LogP) is 14.5. The van der Waals surface area contributed by atoms with Crippen LogP contribution in [0.25, 0.3) is 0 Å². The summed E-state index contributed by atoms with van der Waals surface area (Å²) in [5.41, 5.74) is 0. The fraction of sp³-hybridized carbons (Fsp3) is 0.929. The van der Waals surface area contributed by atoms with E-state index in [1.165, 1.54) is 225 Å². The van der Waals surface area contributed by atoms with Crippen molar-refractivity contribution in [3.05, 3.63) is 12.7 Å². The van der Waals surface area contributed by atoms with Crippen molar-refractivity contribution < 1.29 is 9.59 Å². The third kappa shape index (κ3) is 36.4. The second-order valence-corrected chi connectivity index (χ2v) is 19.8. The molecule has 1 saturated heterocycles. The molecule has 1 heterocycles. The first-order valence-corrected chi connectivity index (χ1v) is 28.3. The first kappa shape index (κ1) is 59.6. The highest BCUT2D eigenvalue weighted by atomic mass is 16.2. The van der Waals surface area contributed by atoms with Crippen LogP contribution < -0.4 is 0 Å². The van der Waals surface area contributed by atoms with Crippen LogP contribution in [-0.2, 0) is 9.59 Å². The summed E-state index contributed by atoms with van der Waals surface area (Å²) in [6.07, 6.45) is 48.3. The van der Waals surface area contributed by atoms with Crippen LogP contribution in [0.3, 0.4) is 0 Å². The van der Waals surface area contributed by atoms with E-state index in [4.69, 9.17) is 0 Å². The summed E-state index contributed by atoms with van der Waals surface area (Å²) in [6.45, 7) is 24.2. The average molecular weight is 887 g/mol. The maximum Gasteiger partial charge on any atom is 0.236 e. The minimum Gasteiger partial charge on any atom is -0.338 e. The molecule has 1 fully saturated rings. The molecule has 0 bridgehead atoms. The number of rotatable bonds is 48. The zero-order valence-electron chi connectivity index (χ0n) is 43.3. The first-order chi connectivity index (χ1) is 31.0. The number of nitrogens with zero attached hydrogens (tertiary/aromatic N) is 5. The molecule has 0 aliphatic carbocycles. The molecular formula is C56H111N5O2. The summed E-state index contributed by atoms with van der Waals surface area (Å²) >= 11 is 0. The van der Waals surface area contributed by atoms with Gasteiger partial charge in [-0.3, -0.25) is 19.4 Å². The molecule has 1 aliphatic heterocycles. The molecule has 7 nitrogen and oxygen atoms in total. The Morgan fingerprint density at radius 2 is 0.587 bits per heavy atom. The Balaban J connectivity index is 2.68. The second kappa shape index (κ2) is 45.7. The van der Waals surface area contributed by atoms with Gasteiger partial charge in [-0.2, -0.15) is 0 Å². The molecule has 0 N–H and O–H groups in total. The summed E-state index contributed by atoms with van der Waals surface area (Å²) in [5.74, 6) is 0.496. The van der Waals surface area contributed by atoms with Gasteiger partial charge in [0.2, 0.25) is 11.8 Å². The summed E-state index contributed by atoms with van der Waals surface area (Å²) in [4.78, 5) is 39.3. The highest BCUT2D eigenvalue weighted by molar-refractivity contribution is 5.80. The fourth-order valence-electron chi connectivity index (χ4n) is 9.46. The van der Waals surface area contributed by atoms with Crippen molar-refractivity contribution in [3.63, 3.8) is 0 Å². The predicted molar refractivity (Wildman–Crippen MR) is 277 cm³/mol. The first-order valence-electron chi connectivity index (χ1n) is 28.3. The van der Waals surface area contributed by atoms with Gasteiger partial charge in [0, 0.05) is 39.3 Å². The average Bonchev–Trinajstić information content (AvgIpc) is 3.29. The Hall–Kier alpha value is -1.44. The zero-order valence-corrected chi connectivity index (χ0v) is 43.3. The number of piperazine rings is 1. The van der Waals surface area contributed by atoms with E-state index in [0.29, 0.717) is 39.3 Å². The SMILES string of the molecule is C=CCCCN(CCCCCCCCCCCCCC)CC(=O)N1CCN(C(=O)CN(CCCCCCCCC)CCN(CCCCCCCCC)CCCCCCCCC)CC1. The van der Waals surface area contributed by atoms with Crippen molar-refractivity contribution in [1.82, 2.24) is 24.5 Å². The minimum atomic E-state index is 0.238. The Bertz CT molecular complexity index is 982. The molecule has 0 saturated carbocycles. The lowest BCUT2D eigenvalue weighted by molar-refractivity contribution is -0.140. The van der Waals surface area contributed by atoms with Crippen molar-refractivity contribution in [3.8, 4) is 0 Å². The third-order valence-corrected chi connectivity index (χ3v) is 13.9. The quantitative estimate of drug-likeness (QED) is 0.0450. The van der Waals surface area contributed by atoms with Crippen molar-refractivity contribution >= 4 is 11.8 Å². The molecule has 0 aromatic rings. The van der Waals surface area contributed by atoms with E-state index in [1.54, 1.807) is 0 Å². The van der Waals surface area contributed by atoms with Crippen molar-refractivity contribution in [2.24, 2.45) is 0 Å². The highest BCUT2D eigenvalue weighted by Crippen LogP contribution is 2.15. The highest BCUT2D eigenvalue weighted by Gasteiger charge is 2.26. The number of hydrogen-bond donors (Lipinski definition) is 0. The van der Waals surface area contributed by atoms with Crippen LogP contribution >= 0.6 is 0 Å². The van der Waals surface area contributed by atoms with Crippen LogP contribution in [-0.4, -0.2) is 121 Å². The lowest BCUT2D eigenvalue weighted by atomic mass is 10.1. The fourth-order valence-corrected chi connectivity index (χ4v) is 9.46. The molecule has 0 aromatic carbocycles. The van der Waals surface area contributed by atoms with E-state index in [-0.39, 0.29) is 11.8 Å². The zero-order chi connectivity index (χ0) is 45.7. The molecule has 1 rings (SSSR count). The van der Waals surface area contributed by atoms with Gasteiger partial charge in [-0.1, -0.05) is 220 Å². The standard InChI is InChI=1S/C56H111N5O2/c1-6-11-16-20-24-25-26-27-28-32-36-40-45-58(44-37-15-10-5)53-55(62)60-49-51-61(52-50-60)56(63)54-59(46-41-35-31-23-19-14-9-4)48-47-57(42-38-33-29-21-17-12-7-2)43-39-34-30-22-18-13-8-3/h10H,5-9,11-54H2,1-4H3. The van der Waals surface area contributed by atoms with E-state index < -0.39 is 0 Å². The molecule has 63 heavy (non-hydrogen) atoms. The molecule has 7 heteroatoms. The lowest BCUT2D eigenvalue weighted by Crippen LogP contribution is -2.54. The number of unbranched alkanes of at least 4 members (excludes halogenated alkanes) is 30. The summed E-state index contributed by atoms with van der Waals surface area (Å²) in [5, 5.41) is 0. The van der Waals surface area contributed by atoms with Crippen molar-refractivity contribution in [1.29, 1.82) is 0 Å². The summed E-state index contributed by atoms with van der Waals surface area (Å²) in [7, 11) is 0. The third-order valence-electron chi connectivity index (χ3n) is 13.9. The Morgan fingerprint density at radius 3 is 0.889 bits per heavy atom. The van der Waals surface area contributed by atoms with E-state index in [0.717, 1.165) is 45.6 Å². The maximum atomic E-state index is 13.9. The van der Waals surface area contributed by atoms with Crippen LogP contribution in [0.15, 0.2) is 12.7 Å². The van der Waals surface area contributed by atoms with Gasteiger partial charge < -0.3 is 14.7 Å². The number of allylic oxidation sites excluding steroid dienone is 1. The normalized spacial score (nSPS) is 13.3. The molecule has 0 aromatic heterocycles. The Labute approximate surface area is 394 Å². The van der Waals surface area contributed by atoms with E-state index in [1.807, 2.05) is 11.0 Å². The van der Waals surface area contributed by atoms with Crippen LogP contribution in [0.1, 0.15) is 252 Å². The van der Waals surface area contributed by atoms with Crippen LogP contribution in [0.2, 0.25) is 0 Å². The van der Waals surface area contributed by atoms with Gasteiger partial charge in [0.1, 0.15) is 0 Å². The summed E-state index contributed by atoms with van der Waals surface area (Å²) < 4.78 is 0. The van der Waals surface area contributed by atoms with Gasteiger partial charge >= 0.3 is 0 Å². The monoisotopic (exact) mass is 886 g/mol. The van der Waals surface area contributed by atoms with Gasteiger partial charge in [-0.25, -0.2) is 0 Å². The van der Waals surface area contributed by atoms with Gasteiger partial charge in [0.15, 0.2) is 0 Å². The molecule has 372 valence electrons. The molecular weight excluding hydrogens is 775 g/mol. The maximum absolute atomic E-state index is 13.9. The molecule has 2 amide bonds. The Morgan fingerprint density at radius 1 is 0.349 bits per heavy atom. The largest absolute Gasteiger partial charge is 0.338 e. The Kier molecular flexibility index (Phi) is 43.2. The van der Waals surface area contributed by atoms with Gasteiger partial charge in [-0.15, -0.1) is 6.58 Å². The molecule has 0 atom stereocenters. The minimum absolute atomic E-state index is 0.238. The summed E-state index contributed by atoms with van der Waals surface area (Å²) in [6, 6.07) is 0. The van der Waals surface area contributed by atoms with E-state index in [2.05, 4.69) is 53.9 Å². The molecule has 0 spiro atoms. The number of carbonyl (C=O) groups is 2. The molecule has 1 aliphatic rings. The second-order valence-electron chi connectivity index (χ2n) is 19.8. The lowest BCUT2D eigenvalue weighted by Gasteiger charge is -2.37. The van der Waals surface area contributed by atoms with Gasteiger partial charge in [0.05, 0.1) is 13.1 Å². The van der Waals surface area contributed by atoms with Crippen molar-refractivity contribution in [2.45, 2.75) is 252 Å². The van der Waals surface area contributed by atoms with Crippen LogP contribution in [0.5, 0.6) is 0 Å². The number of carbonyl (C=O) groups excluding carboxylic acids is 2. The van der Waals surface area contributed by atoms with E-state index >= 15 is 0 Å². The van der Waals surface area contributed by atoms with Gasteiger partial charge in [0.25, 0.3) is 0 Å². The van der Waals surface area contributed by atoms with Crippen molar-refractivity contribution in [2.75, 3.05) is 85.1 Å². The number of hydrogen-bond acceptors (Lipinski definition) is 5. The molecule has 0 unspecified atom stereocenters. The van der Waals surface area contributed by atoms with Crippen LogP contribution in [0.4, 0.5) is 0 Å². The van der Waals surface area contributed by atoms with Crippen LogP contribution in [0, 0.1) is 0 Å². The topological polar surface area (TPSA) is 50.3 Å².